The largest absolute Gasteiger partial charge is 0.343 e. The lowest BCUT2D eigenvalue weighted by atomic mass is 10.0. The molecule has 0 radical (unpaired) electrons. The first kappa shape index (κ1) is 19.5. The lowest BCUT2D eigenvalue weighted by Gasteiger charge is -2.30. The van der Waals surface area contributed by atoms with Gasteiger partial charge in [-0.15, -0.1) is 0 Å². The maximum absolute atomic E-state index is 13.1. The summed E-state index contributed by atoms with van der Waals surface area (Å²) in [4.78, 5) is 10.8. The highest BCUT2D eigenvalue weighted by Crippen LogP contribution is 2.43. The number of rotatable bonds is 8. The van der Waals surface area contributed by atoms with Crippen LogP contribution in [0.4, 0.5) is 35.1 Å². The van der Waals surface area contributed by atoms with Crippen molar-refractivity contribution >= 4 is 16.9 Å². The summed E-state index contributed by atoms with van der Waals surface area (Å²) in [6, 6.07) is 0. The molecule has 0 aliphatic rings. The number of thioether (sulfide) groups is 1. The summed E-state index contributed by atoms with van der Waals surface area (Å²) in [5.74, 6) is -11.4. The molecule has 10 heteroatoms. The number of alkyl halides is 8. The Hall–Kier alpha value is -0.540. The van der Waals surface area contributed by atoms with Gasteiger partial charge in [0.15, 0.2) is 11.3 Å². The topological polar surface area (TPSA) is 17.1 Å². The first-order valence-electron chi connectivity index (χ1n) is 5.45. The van der Waals surface area contributed by atoms with Gasteiger partial charge in [0.25, 0.3) is 6.43 Å². The minimum Gasteiger partial charge on any atom is -0.287 e. The lowest BCUT2D eigenvalue weighted by Crippen LogP contribution is -2.53. The van der Waals surface area contributed by atoms with E-state index in [1.807, 2.05) is 0 Å². The zero-order valence-corrected chi connectivity index (χ0v) is 11.0. The van der Waals surface area contributed by atoms with Crippen LogP contribution in [-0.2, 0) is 4.79 Å². The minimum atomic E-state index is -5.58. The molecule has 0 aliphatic carbocycles. The average molecular weight is 332 g/mol. The number of carbonyl (C=O) groups is 1. The van der Waals surface area contributed by atoms with E-state index < -0.39 is 47.9 Å². The van der Waals surface area contributed by atoms with Gasteiger partial charge in [0.2, 0.25) is 6.17 Å². The summed E-state index contributed by atoms with van der Waals surface area (Å²) < 4.78 is 101. The van der Waals surface area contributed by atoms with Gasteiger partial charge in [0.1, 0.15) is 0 Å². The number of carbonyl (C=O) groups excluding carboxylic acids is 1. The summed E-state index contributed by atoms with van der Waals surface area (Å²) in [5, 5.41) is -0.545. The molecule has 0 heterocycles. The Bertz CT molecular complexity index is 322. The van der Waals surface area contributed by atoms with E-state index in [0.717, 1.165) is 0 Å². The van der Waals surface area contributed by atoms with Crippen LogP contribution in [0.25, 0.3) is 0 Å². The summed E-state index contributed by atoms with van der Waals surface area (Å²) in [5.41, 5.74) is 0. The van der Waals surface area contributed by atoms with Gasteiger partial charge >= 0.3 is 11.8 Å². The van der Waals surface area contributed by atoms with Gasteiger partial charge in [0, 0.05) is 18.6 Å². The summed E-state index contributed by atoms with van der Waals surface area (Å²) >= 11 is 0.329. The van der Waals surface area contributed by atoms with Gasteiger partial charge in [-0.1, -0.05) is 18.7 Å². The second-order valence-electron chi connectivity index (χ2n) is 3.83. The zero-order valence-electron chi connectivity index (χ0n) is 10.2. The molecule has 0 saturated carbocycles. The molecule has 2 atom stereocenters. The number of hydrogen-bond donors (Lipinski definition) is 0. The Labute approximate surface area is 114 Å². The van der Waals surface area contributed by atoms with Crippen molar-refractivity contribution in [3.63, 3.8) is 0 Å². The highest BCUT2D eigenvalue weighted by atomic mass is 32.2. The van der Waals surface area contributed by atoms with Crippen molar-refractivity contribution in [3.8, 4) is 0 Å². The molecule has 2 unspecified atom stereocenters. The summed E-state index contributed by atoms with van der Waals surface area (Å²) in [6.07, 6.45) is -14.1. The van der Waals surface area contributed by atoms with Gasteiger partial charge in [-0.2, -0.15) is 17.6 Å². The quantitative estimate of drug-likeness (QED) is 0.618. The Kier molecular flexibility index (Phi) is 7.26. The molecule has 0 bridgehead atoms. The molecule has 0 rings (SSSR count). The van der Waals surface area contributed by atoms with Crippen molar-refractivity contribution in [2.24, 2.45) is 0 Å². The standard InChI is InChI=1S/C10H12F8OS/c1-2-5(19)20-4-3-9(15,16)10(17,18)7(12)6(11)8(13)14/h6-8H,2-4H2,1H3. The van der Waals surface area contributed by atoms with Crippen LogP contribution in [0.1, 0.15) is 19.8 Å². The van der Waals surface area contributed by atoms with Gasteiger partial charge in [0.05, 0.1) is 0 Å². The van der Waals surface area contributed by atoms with Crippen molar-refractivity contribution in [3.05, 3.63) is 0 Å². The van der Waals surface area contributed by atoms with E-state index in [1.165, 1.54) is 6.92 Å². The Morgan fingerprint density at radius 1 is 1.10 bits per heavy atom. The summed E-state index contributed by atoms with van der Waals surface area (Å²) in [7, 11) is 0. The smallest absolute Gasteiger partial charge is 0.287 e. The molecule has 0 amide bonds. The second-order valence-corrected chi connectivity index (χ2v) is 4.98. The van der Waals surface area contributed by atoms with Crippen LogP contribution in [0.15, 0.2) is 0 Å². The molecule has 0 aromatic heterocycles. The van der Waals surface area contributed by atoms with Crippen LogP contribution in [0.3, 0.4) is 0 Å². The van der Waals surface area contributed by atoms with E-state index in [0.29, 0.717) is 11.8 Å². The van der Waals surface area contributed by atoms with E-state index in [1.54, 1.807) is 0 Å². The van der Waals surface area contributed by atoms with Gasteiger partial charge in [-0.05, 0) is 0 Å². The van der Waals surface area contributed by atoms with Crippen LogP contribution < -0.4 is 0 Å². The molecular weight excluding hydrogens is 320 g/mol. The van der Waals surface area contributed by atoms with Crippen LogP contribution >= 0.6 is 11.8 Å². The normalized spacial score (nSPS) is 16.3. The fraction of sp³-hybridized carbons (Fsp3) is 0.900. The molecule has 20 heavy (non-hydrogen) atoms. The highest BCUT2D eigenvalue weighted by Gasteiger charge is 2.64. The Morgan fingerprint density at radius 2 is 1.60 bits per heavy atom. The van der Waals surface area contributed by atoms with Crippen molar-refractivity contribution in [2.45, 2.75) is 50.4 Å². The molecule has 0 aliphatic heterocycles. The second kappa shape index (κ2) is 7.46. The van der Waals surface area contributed by atoms with Crippen molar-refractivity contribution in [1.82, 2.24) is 0 Å². The van der Waals surface area contributed by atoms with Crippen LogP contribution in [0, 0.1) is 0 Å². The molecule has 1 nitrogen and oxygen atoms in total. The molecule has 120 valence electrons. The van der Waals surface area contributed by atoms with Crippen molar-refractivity contribution in [2.75, 3.05) is 5.75 Å². The summed E-state index contributed by atoms with van der Waals surface area (Å²) in [6.45, 7) is 1.41. The predicted molar refractivity (Wildman–Crippen MR) is 58.1 cm³/mol. The van der Waals surface area contributed by atoms with Crippen LogP contribution in [-0.4, -0.2) is 41.5 Å². The molecule has 0 fully saturated rings. The maximum atomic E-state index is 13.1. The molecule has 0 saturated heterocycles. The maximum Gasteiger partial charge on any atom is 0.343 e. The number of halogens is 8. The zero-order chi connectivity index (χ0) is 16.1. The van der Waals surface area contributed by atoms with E-state index in [9.17, 15) is 39.9 Å². The van der Waals surface area contributed by atoms with Gasteiger partial charge < -0.3 is 0 Å². The third-order valence-electron chi connectivity index (χ3n) is 2.32. The van der Waals surface area contributed by atoms with E-state index in [-0.39, 0.29) is 6.42 Å². The van der Waals surface area contributed by atoms with Crippen LogP contribution in [0.2, 0.25) is 0 Å². The first-order chi connectivity index (χ1) is 8.97. The molecular formula is C10H12F8OS. The Balaban J connectivity index is 4.74. The molecule has 0 aromatic carbocycles. The van der Waals surface area contributed by atoms with E-state index in [2.05, 4.69) is 0 Å². The van der Waals surface area contributed by atoms with Gasteiger partial charge in [-0.25, -0.2) is 17.6 Å². The average Bonchev–Trinajstić information content (AvgIpc) is 2.35. The fourth-order valence-corrected chi connectivity index (χ4v) is 1.88. The van der Waals surface area contributed by atoms with Crippen molar-refractivity contribution in [1.29, 1.82) is 0 Å². The monoisotopic (exact) mass is 332 g/mol. The number of hydrogen-bond acceptors (Lipinski definition) is 2. The SMILES string of the molecule is CCC(=O)SCCC(F)(F)C(F)(F)C(F)C(F)C(F)F. The first-order valence-corrected chi connectivity index (χ1v) is 6.43. The molecule has 0 N–H and O–H groups in total. The Morgan fingerprint density at radius 3 is 2.00 bits per heavy atom. The fourth-order valence-electron chi connectivity index (χ4n) is 1.09. The lowest BCUT2D eigenvalue weighted by molar-refractivity contribution is -0.254. The molecule has 0 spiro atoms. The van der Waals surface area contributed by atoms with Gasteiger partial charge in [-0.3, -0.25) is 4.79 Å². The highest BCUT2D eigenvalue weighted by molar-refractivity contribution is 8.13. The van der Waals surface area contributed by atoms with Crippen LogP contribution in [0.5, 0.6) is 0 Å². The third-order valence-corrected chi connectivity index (χ3v) is 3.34. The van der Waals surface area contributed by atoms with Crippen molar-refractivity contribution < 1.29 is 39.9 Å². The third kappa shape index (κ3) is 4.78. The minimum absolute atomic E-state index is 0.0176. The van der Waals surface area contributed by atoms with E-state index in [4.69, 9.17) is 0 Å². The molecule has 0 aromatic rings. The van der Waals surface area contributed by atoms with E-state index >= 15 is 0 Å². The predicted octanol–water partition coefficient (Wildman–Crippen LogP) is 4.26.